The van der Waals surface area contributed by atoms with Crippen molar-refractivity contribution in [2.45, 2.75) is 25.8 Å². The number of amides is 2. The Morgan fingerprint density at radius 2 is 1.91 bits per heavy atom. The van der Waals surface area contributed by atoms with Crippen molar-refractivity contribution in [1.82, 2.24) is 20.3 Å². The third-order valence-electron chi connectivity index (χ3n) is 2.97. The van der Waals surface area contributed by atoms with Crippen molar-refractivity contribution >= 4 is 34.8 Å². The number of carboxylic acids is 1. The van der Waals surface area contributed by atoms with E-state index >= 15 is 0 Å². The molecule has 2 aromatic rings. The number of aromatic nitrogens is 3. The molecule has 0 spiro atoms. The molecule has 0 aliphatic rings. The average Bonchev–Trinajstić information content (AvgIpc) is 2.84. The van der Waals surface area contributed by atoms with E-state index in [0.29, 0.717) is 11.2 Å². The molecule has 2 amide bonds. The number of carbonyl (C=O) groups excluding carboxylic acids is 2. The van der Waals surface area contributed by atoms with E-state index in [1.54, 1.807) is 6.07 Å². The number of anilines is 1. The summed E-state index contributed by atoms with van der Waals surface area (Å²) in [6, 6.07) is 2.08. The van der Waals surface area contributed by atoms with Gasteiger partial charge >= 0.3 is 11.7 Å². The zero-order chi connectivity index (χ0) is 17.0. The van der Waals surface area contributed by atoms with Crippen molar-refractivity contribution in [3.8, 4) is 0 Å². The number of imidazole rings is 1. The van der Waals surface area contributed by atoms with Gasteiger partial charge in [-0.1, -0.05) is 0 Å². The topological polar surface area (TPSA) is 157 Å². The number of aliphatic carboxylic acids is 1. The Bertz CT molecular complexity index is 808. The van der Waals surface area contributed by atoms with Crippen molar-refractivity contribution in [3.63, 3.8) is 0 Å². The number of H-pyrrole nitrogens is 2. The molecule has 0 aliphatic carbocycles. The van der Waals surface area contributed by atoms with Crippen molar-refractivity contribution in [1.29, 1.82) is 0 Å². The number of aromatic amines is 2. The fraction of sp³-hybridized carbons (Fsp3) is 0.308. The molecular formula is C13H15N5O5. The molecule has 23 heavy (non-hydrogen) atoms. The smallest absolute Gasteiger partial charge is 0.325 e. The summed E-state index contributed by atoms with van der Waals surface area (Å²) >= 11 is 0. The lowest BCUT2D eigenvalue weighted by molar-refractivity contribution is -0.141. The Balaban J connectivity index is 1.87. The van der Waals surface area contributed by atoms with Crippen molar-refractivity contribution < 1.29 is 19.5 Å². The first-order valence-electron chi connectivity index (χ1n) is 6.76. The van der Waals surface area contributed by atoms with E-state index in [0.717, 1.165) is 0 Å². The maximum atomic E-state index is 11.8. The lowest BCUT2D eigenvalue weighted by Crippen LogP contribution is -2.38. The van der Waals surface area contributed by atoms with Crippen LogP contribution in [0.3, 0.4) is 0 Å². The summed E-state index contributed by atoms with van der Waals surface area (Å²) in [6.45, 7) is 1.33. The zero-order valence-corrected chi connectivity index (χ0v) is 12.2. The fourth-order valence-corrected chi connectivity index (χ4v) is 1.79. The van der Waals surface area contributed by atoms with Crippen LogP contribution in [0.1, 0.15) is 19.8 Å². The predicted octanol–water partition coefficient (Wildman–Crippen LogP) is -0.441. The Morgan fingerprint density at radius 3 is 2.61 bits per heavy atom. The minimum atomic E-state index is -1.15. The van der Waals surface area contributed by atoms with Crippen LogP contribution >= 0.6 is 0 Å². The molecule has 0 fully saturated rings. The second-order valence-corrected chi connectivity index (χ2v) is 4.85. The molecule has 10 heteroatoms. The summed E-state index contributed by atoms with van der Waals surface area (Å²) in [4.78, 5) is 54.0. The van der Waals surface area contributed by atoms with Crippen molar-refractivity contribution in [3.05, 3.63) is 22.6 Å². The number of nitrogens with zero attached hydrogens (tertiary/aromatic N) is 1. The van der Waals surface area contributed by atoms with Gasteiger partial charge in [0, 0.05) is 12.8 Å². The zero-order valence-electron chi connectivity index (χ0n) is 12.2. The summed E-state index contributed by atoms with van der Waals surface area (Å²) in [5.41, 5.74) is 0.413. The van der Waals surface area contributed by atoms with Crippen LogP contribution in [-0.2, 0) is 14.4 Å². The molecule has 0 saturated carbocycles. The predicted molar refractivity (Wildman–Crippen MR) is 79.8 cm³/mol. The van der Waals surface area contributed by atoms with Crippen LogP contribution in [0.15, 0.2) is 16.9 Å². The maximum Gasteiger partial charge on any atom is 0.325 e. The van der Waals surface area contributed by atoms with Gasteiger partial charge in [-0.3, -0.25) is 19.4 Å². The molecule has 10 nitrogen and oxygen atoms in total. The highest BCUT2D eigenvalue weighted by atomic mass is 16.4. The second kappa shape index (κ2) is 6.73. The monoisotopic (exact) mass is 321 g/mol. The van der Waals surface area contributed by atoms with Gasteiger partial charge in [0.25, 0.3) is 0 Å². The van der Waals surface area contributed by atoms with Gasteiger partial charge in [-0.25, -0.2) is 9.78 Å². The highest BCUT2D eigenvalue weighted by Gasteiger charge is 2.15. The van der Waals surface area contributed by atoms with Gasteiger partial charge in [-0.05, 0) is 19.1 Å². The Morgan fingerprint density at radius 1 is 1.22 bits per heavy atom. The third kappa shape index (κ3) is 4.40. The number of rotatable bonds is 6. The minimum absolute atomic E-state index is 0.123. The van der Waals surface area contributed by atoms with Crippen LogP contribution in [0.25, 0.3) is 11.2 Å². The molecule has 0 saturated heterocycles. The summed E-state index contributed by atoms with van der Waals surface area (Å²) in [6.07, 6.45) is -0.270. The molecule has 0 radical (unpaired) electrons. The molecule has 2 aromatic heterocycles. The number of pyridine rings is 1. The Kier molecular flexibility index (Phi) is 4.74. The van der Waals surface area contributed by atoms with Crippen LogP contribution in [-0.4, -0.2) is 43.9 Å². The van der Waals surface area contributed by atoms with Crippen LogP contribution in [0, 0.1) is 0 Å². The summed E-state index contributed by atoms with van der Waals surface area (Å²) < 4.78 is 0. The molecule has 122 valence electrons. The standard InChI is InChI=1S/C13H15N5O5/c1-6(12(21)22)14-9(19)4-5-10(20)16-8-3-2-7-11(17-8)18-13(23)15-7/h2-3,6H,4-5H2,1H3,(H,14,19)(H,21,22)(H3,15,16,17,18,20,23). The van der Waals surface area contributed by atoms with Crippen LogP contribution in [0.5, 0.6) is 0 Å². The van der Waals surface area contributed by atoms with Crippen LogP contribution in [0.4, 0.5) is 5.82 Å². The molecule has 2 heterocycles. The van der Waals surface area contributed by atoms with E-state index in [1.165, 1.54) is 13.0 Å². The fourth-order valence-electron chi connectivity index (χ4n) is 1.79. The van der Waals surface area contributed by atoms with Crippen LogP contribution < -0.4 is 16.3 Å². The molecule has 0 aromatic carbocycles. The first kappa shape index (κ1) is 16.2. The van der Waals surface area contributed by atoms with Gasteiger partial charge in [-0.2, -0.15) is 0 Å². The molecular weight excluding hydrogens is 306 g/mol. The van der Waals surface area contributed by atoms with Crippen molar-refractivity contribution in [2.75, 3.05) is 5.32 Å². The van der Waals surface area contributed by atoms with Gasteiger partial charge in [0.2, 0.25) is 11.8 Å². The number of fused-ring (bicyclic) bond motifs is 1. The van der Waals surface area contributed by atoms with Gasteiger partial charge in [-0.15, -0.1) is 0 Å². The number of carboxylic acid groups (broad SMARTS) is 1. The lowest BCUT2D eigenvalue weighted by atomic mass is 10.2. The van der Waals surface area contributed by atoms with E-state index in [9.17, 15) is 19.2 Å². The summed E-state index contributed by atoms with van der Waals surface area (Å²) in [7, 11) is 0. The Labute approximate surface area is 129 Å². The maximum absolute atomic E-state index is 11.8. The number of hydrogen-bond acceptors (Lipinski definition) is 5. The van der Waals surface area contributed by atoms with E-state index < -0.39 is 29.5 Å². The molecule has 5 N–H and O–H groups in total. The normalized spacial score (nSPS) is 11.9. The highest BCUT2D eigenvalue weighted by Crippen LogP contribution is 2.10. The lowest BCUT2D eigenvalue weighted by Gasteiger charge is -2.09. The number of hydrogen-bond donors (Lipinski definition) is 5. The summed E-state index contributed by atoms with van der Waals surface area (Å²) in [5.74, 6) is -1.90. The first-order chi connectivity index (χ1) is 10.8. The van der Waals surface area contributed by atoms with Crippen LogP contribution in [0.2, 0.25) is 0 Å². The third-order valence-corrected chi connectivity index (χ3v) is 2.97. The molecule has 1 unspecified atom stereocenters. The largest absolute Gasteiger partial charge is 0.480 e. The SMILES string of the molecule is CC(NC(=O)CCC(=O)Nc1ccc2[nH]c(=O)[nH]c2n1)C(=O)O. The summed E-state index contributed by atoms with van der Waals surface area (Å²) in [5, 5.41) is 13.4. The average molecular weight is 321 g/mol. The second-order valence-electron chi connectivity index (χ2n) is 4.85. The molecule has 1 atom stereocenters. The quantitative estimate of drug-likeness (QED) is 0.485. The van der Waals surface area contributed by atoms with Crippen molar-refractivity contribution in [2.24, 2.45) is 0 Å². The highest BCUT2D eigenvalue weighted by molar-refractivity contribution is 5.93. The van der Waals surface area contributed by atoms with E-state index in [-0.39, 0.29) is 18.7 Å². The van der Waals surface area contributed by atoms with E-state index in [2.05, 4.69) is 25.6 Å². The minimum Gasteiger partial charge on any atom is -0.480 e. The van der Waals surface area contributed by atoms with Gasteiger partial charge < -0.3 is 20.7 Å². The molecule has 0 bridgehead atoms. The van der Waals surface area contributed by atoms with Gasteiger partial charge in [0.15, 0.2) is 5.65 Å². The number of carbonyl (C=O) groups is 3. The first-order valence-corrected chi connectivity index (χ1v) is 6.76. The Hall–Kier alpha value is -3.17. The van der Waals surface area contributed by atoms with E-state index in [1.807, 2.05) is 0 Å². The van der Waals surface area contributed by atoms with Gasteiger partial charge in [0.1, 0.15) is 11.9 Å². The number of nitrogens with one attached hydrogen (secondary N) is 4. The molecule has 2 rings (SSSR count). The van der Waals surface area contributed by atoms with E-state index in [4.69, 9.17) is 5.11 Å². The van der Waals surface area contributed by atoms with Gasteiger partial charge in [0.05, 0.1) is 5.52 Å². The molecule has 0 aliphatic heterocycles.